The van der Waals surface area contributed by atoms with Gasteiger partial charge in [-0.15, -0.1) is 0 Å². The fourth-order valence-electron chi connectivity index (χ4n) is 2.38. The second-order valence-corrected chi connectivity index (χ2v) is 5.07. The predicted octanol–water partition coefficient (Wildman–Crippen LogP) is 1.92. The van der Waals surface area contributed by atoms with Crippen LogP contribution in [0, 0.1) is 0 Å². The summed E-state index contributed by atoms with van der Waals surface area (Å²) < 4.78 is 5.35. The van der Waals surface area contributed by atoms with Crippen LogP contribution in [0.2, 0.25) is 0 Å². The zero-order chi connectivity index (χ0) is 13.2. The van der Waals surface area contributed by atoms with Gasteiger partial charge in [-0.3, -0.25) is 4.79 Å². The lowest BCUT2D eigenvalue weighted by molar-refractivity contribution is -0.139. The summed E-state index contributed by atoms with van der Waals surface area (Å²) in [7, 11) is 0. The van der Waals surface area contributed by atoms with E-state index in [2.05, 4.69) is 6.92 Å². The van der Waals surface area contributed by atoms with Crippen LogP contribution in [0.1, 0.15) is 51.9 Å². The van der Waals surface area contributed by atoms with E-state index in [0.717, 1.165) is 6.42 Å². The number of carbonyl (C=O) groups excluding carboxylic acids is 1. The van der Waals surface area contributed by atoms with Crippen molar-refractivity contribution < 1.29 is 9.53 Å². The molecule has 1 aliphatic heterocycles. The van der Waals surface area contributed by atoms with E-state index in [9.17, 15) is 4.79 Å². The van der Waals surface area contributed by atoms with Crippen LogP contribution >= 0.6 is 0 Å². The van der Waals surface area contributed by atoms with Crippen molar-refractivity contribution in [3.05, 3.63) is 0 Å². The molecule has 1 rings (SSSR count). The van der Waals surface area contributed by atoms with Gasteiger partial charge in [0.05, 0.1) is 19.3 Å². The number of morpholine rings is 1. The quantitative estimate of drug-likeness (QED) is 0.675. The number of nitrogens with two attached hydrogens (primary N) is 1. The van der Waals surface area contributed by atoms with E-state index in [-0.39, 0.29) is 11.9 Å². The molecule has 4 heteroatoms. The Bertz CT molecular complexity index is 234. The minimum atomic E-state index is 0.0892. The number of carbonyl (C=O) groups is 1. The molecule has 106 valence electrons. The maximum absolute atomic E-state index is 12.1. The summed E-state index contributed by atoms with van der Waals surface area (Å²) in [6.45, 7) is 4.67. The van der Waals surface area contributed by atoms with Crippen molar-refractivity contribution in [1.29, 1.82) is 0 Å². The third kappa shape index (κ3) is 5.36. The van der Waals surface area contributed by atoms with Crippen molar-refractivity contribution in [2.24, 2.45) is 5.73 Å². The Morgan fingerprint density at radius 3 is 2.72 bits per heavy atom. The maximum atomic E-state index is 12.1. The van der Waals surface area contributed by atoms with E-state index in [1.807, 2.05) is 4.90 Å². The summed E-state index contributed by atoms with van der Waals surface area (Å²) in [5, 5.41) is 0. The van der Waals surface area contributed by atoms with E-state index in [1.54, 1.807) is 0 Å². The predicted molar refractivity (Wildman–Crippen MR) is 73.4 cm³/mol. The number of nitrogens with zero attached hydrogens (tertiary/aromatic N) is 1. The van der Waals surface area contributed by atoms with Crippen LogP contribution < -0.4 is 5.73 Å². The molecule has 1 fully saturated rings. The van der Waals surface area contributed by atoms with Crippen LogP contribution in [0.15, 0.2) is 0 Å². The van der Waals surface area contributed by atoms with Gasteiger partial charge in [-0.05, 0) is 6.42 Å². The largest absolute Gasteiger partial charge is 0.377 e. The molecule has 1 saturated heterocycles. The molecule has 0 saturated carbocycles. The second kappa shape index (κ2) is 9.34. The van der Waals surface area contributed by atoms with Crippen molar-refractivity contribution in [3.63, 3.8) is 0 Å². The lowest BCUT2D eigenvalue weighted by Gasteiger charge is -2.35. The Labute approximate surface area is 111 Å². The van der Waals surface area contributed by atoms with E-state index in [1.165, 1.54) is 32.1 Å². The van der Waals surface area contributed by atoms with E-state index < -0.39 is 0 Å². The summed E-state index contributed by atoms with van der Waals surface area (Å²) in [5.74, 6) is 0.254. The standard InChI is InChI=1S/C14H28N2O2/c1-2-3-4-5-6-7-8-14(17)16-9-10-18-12-13(16)11-15/h13H,2-12,15H2,1H3. The third-order valence-electron chi connectivity index (χ3n) is 3.56. The molecule has 0 spiro atoms. The molecular formula is C14H28N2O2. The summed E-state index contributed by atoms with van der Waals surface area (Å²) in [4.78, 5) is 14.0. The lowest BCUT2D eigenvalue weighted by atomic mass is 10.1. The zero-order valence-electron chi connectivity index (χ0n) is 11.7. The molecule has 0 radical (unpaired) electrons. The van der Waals surface area contributed by atoms with E-state index >= 15 is 0 Å². The van der Waals surface area contributed by atoms with E-state index in [4.69, 9.17) is 10.5 Å². The number of hydrogen-bond donors (Lipinski definition) is 1. The average Bonchev–Trinajstić information content (AvgIpc) is 2.42. The molecule has 1 unspecified atom stereocenters. The molecule has 4 nitrogen and oxygen atoms in total. The van der Waals surface area contributed by atoms with Crippen molar-refractivity contribution in [3.8, 4) is 0 Å². The summed E-state index contributed by atoms with van der Waals surface area (Å²) in [6.07, 6.45) is 7.99. The van der Waals surface area contributed by atoms with Crippen LogP contribution in [0.3, 0.4) is 0 Å². The third-order valence-corrected chi connectivity index (χ3v) is 3.56. The van der Waals surface area contributed by atoms with Crippen LogP contribution in [-0.2, 0) is 9.53 Å². The van der Waals surface area contributed by atoms with Gasteiger partial charge < -0.3 is 15.4 Å². The highest BCUT2D eigenvalue weighted by Crippen LogP contribution is 2.12. The average molecular weight is 256 g/mol. The van der Waals surface area contributed by atoms with E-state index in [0.29, 0.717) is 32.7 Å². The molecule has 1 amide bonds. The Kier molecular flexibility index (Phi) is 8.01. The molecule has 0 aromatic carbocycles. The summed E-state index contributed by atoms with van der Waals surface area (Å²) in [6, 6.07) is 0.0892. The fraction of sp³-hybridized carbons (Fsp3) is 0.929. The molecule has 0 aromatic heterocycles. The van der Waals surface area contributed by atoms with Crippen molar-refractivity contribution in [2.75, 3.05) is 26.3 Å². The van der Waals surface area contributed by atoms with Crippen LogP contribution in [0.5, 0.6) is 0 Å². The number of unbranched alkanes of at least 4 members (excludes halogenated alkanes) is 5. The molecule has 1 aliphatic rings. The molecule has 1 heterocycles. The van der Waals surface area contributed by atoms with Gasteiger partial charge in [-0.2, -0.15) is 0 Å². The molecule has 0 bridgehead atoms. The maximum Gasteiger partial charge on any atom is 0.223 e. The van der Waals surface area contributed by atoms with Gasteiger partial charge in [0, 0.05) is 19.5 Å². The van der Waals surface area contributed by atoms with Gasteiger partial charge in [0.2, 0.25) is 5.91 Å². The number of hydrogen-bond acceptors (Lipinski definition) is 3. The fourth-order valence-corrected chi connectivity index (χ4v) is 2.38. The Morgan fingerprint density at radius 2 is 2.00 bits per heavy atom. The molecule has 0 aromatic rings. The second-order valence-electron chi connectivity index (χ2n) is 5.07. The molecule has 1 atom stereocenters. The SMILES string of the molecule is CCCCCCCCC(=O)N1CCOCC1CN. The first-order valence-electron chi connectivity index (χ1n) is 7.36. The topological polar surface area (TPSA) is 55.6 Å². The number of amides is 1. The molecule has 18 heavy (non-hydrogen) atoms. The Hall–Kier alpha value is -0.610. The minimum Gasteiger partial charge on any atom is -0.377 e. The zero-order valence-corrected chi connectivity index (χ0v) is 11.7. The van der Waals surface area contributed by atoms with Gasteiger partial charge in [0.15, 0.2) is 0 Å². The van der Waals surface area contributed by atoms with Crippen molar-refractivity contribution in [2.45, 2.75) is 57.9 Å². The molecular weight excluding hydrogens is 228 g/mol. The van der Waals surface area contributed by atoms with Gasteiger partial charge in [0.1, 0.15) is 0 Å². The van der Waals surface area contributed by atoms with Crippen molar-refractivity contribution in [1.82, 2.24) is 4.90 Å². The highest BCUT2D eigenvalue weighted by Gasteiger charge is 2.25. The molecule has 2 N–H and O–H groups in total. The highest BCUT2D eigenvalue weighted by atomic mass is 16.5. The number of rotatable bonds is 8. The van der Waals surface area contributed by atoms with Crippen LogP contribution in [-0.4, -0.2) is 43.2 Å². The van der Waals surface area contributed by atoms with Crippen LogP contribution in [0.4, 0.5) is 0 Å². The summed E-state index contributed by atoms with van der Waals surface area (Å²) in [5.41, 5.74) is 5.67. The minimum absolute atomic E-state index is 0.0892. The van der Waals surface area contributed by atoms with Gasteiger partial charge >= 0.3 is 0 Å². The summed E-state index contributed by atoms with van der Waals surface area (Å²) >= 11 is 0. The molecule has 0 aliphatic carbocycles. The first kappa shape index (κ1) is 15.4. The first-order valence-corrected chi connectivity index (χ1v) is 7.36. The van der Waals surface area contributed by atoms with Gasteiger partial charge in [-0.25, -0.2) is 0 Å². The lowest BCUT2D eigenvalue weighted by Crippen LogP contribution is -2.51. The smallest absolute Gasteiger partial charge is 0.223 e. The number of ether oxygens (including phenoxy) is 1. The van der Waals surface area contributed by atoms with Crippen molar-refractivity contribution >= 4 is 5.91 Å². The van der Waals surface area contributed by atoms with Crippen LogP contribution in [0.25, 0.3) is 0 Å². The van der Waals surface area contributed by atoms with Gasteiger partial charge in [0.25, 0.3) is 0 Å². The highest BCUT2D eigenvalue weighted by molar-refractivity contribution is 5.76. The normalized spacial score (nSPS) is 20.1. The Morgan fingerprint density at radius 1 is 1.28 bits per heavy atom. The Balaban J connectivity index is 2.14. The first-order chi connectivity index (χ1) is 8.79. The monoisotopic (exact) mass is 256 g/mol. The van der Waals surface area contributed by atoms with Gasteiger partial charge in [-0.1, -0.05) is 39.0 Å².